The van der Waals surface area contributed by atoms with Crippen LogP contribution in [0.2, 0.25) is 0 Å². The van der Waals surface area contributed by atoms with Gasteiger partial charge in [0.05, 0.1) is 43.0 Å². The van der Waals surface area contributed by atoms with E-state index in [0.29, 0.717) is 23.0 Å². The van der Waals surface area contributed by atoms with Crippen molar-refractivity contribution in [2.24, 2.45) is 0 Å². The Labute approximate surface area is 191 Å². The Hall–Kier alpha value is -4.88. The molecule has 4 rings (SSSR count). The van der Waals surface area contributed by atoms with E-state index in [2.05, 4.69) is 16.4 Å². The number of hydrogen-bond acceptors (Lipinski definition) is 7. The molecule has 0 spiro atoms. The number of hydrogen-bond donors (Lipinski definition) is 1. The lowest BCUT2D eigenvalue weighted by molar-refractivity contribution is 0.397. The largest absolute Gasteiger partial charge is 0.496 e. The van der Waals surface area contributed by atoms with Crippen LogP contribution in [-0.2, 0) is 0 Å². The van der Waals surface area contributed by atoms with Gasteiger partial charge in [0.2, 0.25) is 5.95 Å². The number of anilines is 2. The number of methoxy groups -OCH3 is 2. The predicted molar refractivity (Wildman–Crippen MR) is 127 cm³/mol. The van der Waals surface area contributed by atoms with Crippen molar-refractivity contribution < 1.29 is 9.47 Å². The molecule has 160 valence electrons. The average Bonchev–Trinajstić information content (AvgIpc) is 2.87. The molecule has 0 fully saturated rings. The highest BCUT2D eigenvalue weighted by atomic mass is 16.5. The van der Waals surface area contributed by atoms with Crippen LogP contribution >= 0.6 is 0 Å². The van der Waals surface area contributed by atoms with Crippen LogP contribution in [0.3, 0.4) is 0 Å². The van der Waals surface area contributed by atoms with Gasteiger partial charge in [-0.3, -0.25) is 0 Å². The van der Waals surface area contributed by atoms with Crippen molar-refractivity contribution in [3.63, 3.8) is 0 Å². The van der Waals surface area contributed by atoms with Gasteiger partial charge in [-0.05, 0) is 48.0 Å². The zero-order valence-electron chi connectivity index (χ0n) is 18.0. The maximum Gasteiger partial charge on any atom is 0.227 e. The fourth-order valence-corrected chi connectivity index (χ4v) is 3.50. The molecule has 0 radical (unpaired) electrons. The quantitative estimate of drug-likeness (QED) is 0.402. The first kappa shape index (κ1) is 21.4. The predicted octanol–water partition coefficient (Wildman–Crippen LogP) is 5.47. The Kier molecular flexibility index (Phi) is 6.15. The highest BCUT2D eigenvalue weighted by Gasteiger charge is 2.18. The Morgan fingerprint density at radius 1 is 0.970 bits per heavy atom. The second-order valence-corrected chi connectivity index (χ2v) is 7.01. The third-order valence-electron chi connectivity index (χ3n) is 5.03. The number of allylic oxidation sites excluding steroid dienone is 1. The number of aromatic nitrogens is 2. The molecule has 4 aromatic rings. The third kappa shape index (κ3) is 4.43. The van der Waals surface area contributed by atoms with Crippen LogP contribution in [0.25, 0.3) is 28.1 Å². The van der Waals surface area contributed by atoms with Crippen molar-refractivity contribution in [2.45, 2.75) is 0 Å². The fraction of sp³-hybridized carbons (Fsp3) is 0.0769. The van der Waals surface area contributed by atoms with Gasteiger partial charge in [0.25, 0.3) is 0 Å². The molecule has 0 amide bonds. The summed E-state index contributed by atoms with van der Waals surface area (Å²) in [4.78, 5) is 9.18. The molecule has 0 saturated carbocycles. The summed E-state index contributed by atoms with van der Waals surface area (Å²) >= 11 is 0. The first-order valence-corrected chi connectivity index (χ1v) is 10.0. The van der Waals surface area contributed by atoms with Gasteiger partial charge in [0.15, 0.2) is 0 Å². The zero-order chi connectivity index (χ0) is 23.2. The van der Waals surface area contributed by atoms with Crippen molar-refractivity contribution in [3.8, 4) is 34.8 Å². The molecule has 1 N–H and O–H groups in total. The second kappa shape index (κ2) is 9.51. The van der Waals surface area contributed by atoms with E-state index in [9.17, 15) is 0 Å². The van der Waals surface area contributed by atoms with Gasteiger partial charge in [-0.2, -0.15) is 10.5 Å². The number of nitriles is 2. The number of ether oxygens (including phenoxy) is 2. The van der Waals surface area contributed by atoms with Crippen molar-refractivity contribution >= 4 is 28.6 Å². The highest BCUT2D eigenvalue weighted by Crippen LogP contribution is 2.42. The topological polar surface area (TPSA) is 104 Å². The molecule has 0 unspecified atom stereocenters. The van der Waals surface area contributed by atoms with Gasteiger partial charge in [-0.15, -0.1) is 0 Å². The minimum Gasteiger partial charge on any atom is -0.496 e. The van der Waals surface area contributed by atoms with Crippen LogP contribution in [0.1, 0.15) is 11.1 Å². The zero-order valence-corrected chi connectivity index (χ0v) is 18.0. The minimum absolute atomic E-state index is 0.422. The number of para-hydroxylation sites is 1. The van der Waals surface area contributed by atoms with Crippen molar-refractivity contribution in [2.75, 3.05) is 19.5 Å². The molecule has 0 aliphatic heterocycles. The van der Waals surface area contributed by atoms with Gasteiger partial charge in [0.1, 0.15) is 11.5 Å². The lowest BCUT2D eigenvalue weighted by Crippen LogP contribution is -1.99. The summed E-state index contributed by atoms with van der Waals surface area (Å²) in [6.45, 7) is 0. The highest BCUT2D eigenvalue weighted by molar-refractivity contribution is 5.97. The SMILES string of the molecule is COc1cc(/C=C/C#N)cc(OC)c1-c1cccc2cnc(Nc3ccc(C#N)cc3)nc12. The molecule has 3 aromatic carbocycles. The molecule has 1 heterocycles. The summed E-state index contributed by atoms with van der Waals surface area (Å²) in [5.41, 5.74) is 4.43. The first-order valence-electron chi connectivity index (χ1n) is 10.0. The molecule has 0 saturated heterocycles. The lowest BCUT2D eigenvalue weighted by atomic mass is 9.98. The van der Waals surface area contributed by atoms with E-state index in [0.717, 1.165) is 33.3 Å². The molecular formula is C26H19N5O2. The van der Waals surface area contributed by atoms with Crippen molar-refractivity contribution in [1.29, 1.82) is 10.5 Å². The van der Waals surface area contributed by atoms with Crippen molar-refractivity contribution in [1.82, 2.24) is 9.97 Å². The second-order valence-electron chi connectivity index (χ2n) is 7.01. The normalized spacial score (nSPS) is 10.5. The lowest BCUT2D eigenvalue weighted by Gasteiger charge is -2.16. The van der Waals surface area contributed by atoms with E-state index in [1.54, 1.807) is 50.8 Å². The number of nitrogens with zero attached hydrogens (tertiary/aromatic N) is 4. The van der Waals surface area contributed by atoms with Crippen LogP contribution < -0.4 is 14.8 Å². The van der Waals surface area contributed by atoms with Gasteiger partial charge in [-0.1, -0.05) is 18.2 Å². The smallest absolute Gasteiger partial charge is 0.227 e. The van der Waals surface area contributed by atoms with Crippen LogP contribution in [0.5, 0.6) is 11.5 Å². The van der Waals surface area contributed by atoms with Gasteiger partial charge >= 0.3 is 0 Å². The molecule has 1 aromatic heterocycles. The Bertz CT molecular complexity index is 1410. The molecule has 33 heavy (non-hydrogen) atoms. The number of rotatable bonds is 6. The minimum atomic E-state index is 0.422. The Morgan fingerprint density at radius 2 is 1.70 bits per heavy atom. The summed E-state index contributed by atoms with van der Waals surface area (Å²) < 4.78 is 11.4. The van der Waals surface area contributed by atoms with E-state index in [1.807, 2.05) is 36.4 Å². The van der Waals surface area contributed by atoms with E-state index in [1.165, 1.54) is 6.08 Å². The van der Waals surface area contributed by atoms with Gasteiger partial charge in [-0.25, -0.2) is 9.97 Å². The maximum atomic E-state index is 8.99. The summed E-state index contributed by atoms with van der Waals surface area (Å²) in [7, 11) is 3.18. The maximum absolute atomic E-state index is 8.99. The molecule has 0 bridgehead atoms. The number of nitrogens with one attached hydrogen (secondary N) is 1. The van der Waals surface area contributed by atoms with E-state index in [4.69, 9.17) is 25.0 Å². The molecule has 0 aliphatic carbocycles. The van der Waals surface area contributed by atoms with Crippen LogP contribution in [0.15, 0.2) is 66.9 Å². The third-order valence-corrected chi connectivity index (χ3v) is 5.03. The van der Waals surface area contributed by atoms with E-state index < -0.39 is 0 Å². The summed E-state index contributed by atoms with van der Waals surface area (Å²) in [6, 6.07) is 20.7. The average molecular weight is 433 g/mol. The summed E-state index contributed by atoms with van der Waals surface area (Å²) in [5.74, 6) is 1.62. The van der Waals surface area contributed by atoms with E-state index >= 15 is 0 Å². The number of benzene rings is 3. The summed E-state index contributed by atoms with van der Waals surface area (Å²) in [6.07, 6.45) is 4.85. The molecule has 0 atom stereocenters. The fourth-order valence-electron chi connectivity index (χ4n) is 3.50. The molecule has 0 aliphatic rings. The van der Waals surface area contributed by atoms with Crippen LogP contribution in [-0.4, -0.2) is 24.2 Å². The van der Waals surface area contributed by atoms with Gasteiger partial charge < -0.3 is 14.8 Å². The molecule has 7 heteroatoms. The standard InChI is InChI=1S/C26H19N5O2/c1-32-22-13-18(5-4-12-27)14-23(33-2)24(22)21-7-3-6-19-16-29-26(31-25(19)21)30-20-10-8-17(15-28)9-11-20/h3-11,13-14,16H,1-2H3,(H,29,30,31)/b5-4+. The number of fused-ring (bicyclic) bond motifs is 1. The molecule has 7 nitrogen and oxygen atoms in total. The Balaban J connectivity index is 1.84. The monoisotopic (exact) mass is 433 g/mol. The first-order chi connectivity index (χ1) is 16.2. The Morgan fingerprint density at radius 3 is 2.33 bits per heavy atom. The van der Waals surface area contributed by atoms with Crippen LogP contribution in [0.4, 0.5) is 11.6 Å². The van der Waals surface area contributed by atoms with Gasteiger partial charge in [0, 0.05) is 28.9 Å². The van der Waals surface area contributed by atoms with Crippen molar-refractivity contribution in [3.05, 3.63) is 78.0 Å². The molecular weight excluding hydrogens is 414 g/mol. The summed E-state index contributed by atoms with van der Waals surface area (Å²) in [5, 5.41) is 21.9. The van der Waals surface area contributed by atoms with E-state index in [-0.39, 0.29) is 0 Å². The van der Waals surface area contributed by atoms with Crippen LogP contribution in [0, 0.1) is 22.7 Å².